The molecule has 1 aliphatic heterocycles. The molecule has 0 aliphatic carbocycles. The molecule has 26 heavy (non-hydrogen) atoms. The molecule has 0 spiro atoms. The number of benzene rings is 2. The zero-order valence-corrected chi connectivity index (χ0v) is 14.7. The van der Waals surface area contributed by atoms with Crippen molar-refractivity contribution in [3.8, 4) is 11.8 Å². The van der Waals surface area contributed by atoms with E-state index < -0.39 is 6.04 Å². The van der Waals surface area contributed by atoms with Crippen LogP contribution in [0.1, 0.15) is 22.8 Å². The SMILES string of the molecule is COc1ccc(N2CCN(C(=O)c3ccccc3C#N)[C@H](C)C2=O)cc1. The van der Waals surface area contributed by atoms with Crippen LogP contribution in [0.15, 0.2) is 48.5 Å². The second-order valence-electron chi connectivity index (χ2n) is 6.02. The van der Waals surface area contributed by atoms with Crippen LogP contribution in [0.25, 0.3) is 0 Å². The number of carbonyl (C=O) groups is 2. The van der Waals surface area contributed by atoms with E-state index in [1.54, 1.807) is 55.3 Å². The van der Waals surface area contributed by atoms with Crippen molar-refractivity contribution in [2.45, 2.75) is 13.0 Å². The van der Waals surface area contributed by atoms with E-state index in [9.17, 15) is 14.9 Å². The first-order chi connectivity index (χ1) is 12.6. The summed E-state index contributed by atoms with van der Waals surface area (Å²) in [6.45, 7) is 2.51. The van der Waals surface area contributed by atoms with Crippen molar-refractivity contribution < 1.29 is 14.3 Å². The fraction of sp³-hybridized carbons (Fsp3) is 0.250. The summed E-state index contributed by atoms with van der Waals surface area (Å²) in [7, 11) is 1.59. The first kappa shape index (κ1) is 17.5. The molecule has 3 rings (SSSR count). The fourth-order valence-corrected chi connectivity index (χ4v) is 3.09. The molecule has 132 valence electrons. The summed E-state index contributed by atoms with van der Waals surface area (Å²) in [5.41, 5.74) is 1.41. The fourth-order valence-electron chi connectivity index (χ4n) is 3.09. The number of hydrogen-bond acceptors (Lipinski definition) is 4. The Kier molecular flexibility index (Phi) is 4.90. The van der Waals surface area contributed by atoms with Crippen molar-refractivity contribution in [1.82, 2.24) is 4.90 Å². The molecule has 6 nitrogen and oxygen atoms in total. The second kappa shape index (κ2) is 7.28. The van der Waals surface area contributed by atoms with E-state index in [4.69, 9.17) is 4.74 Å². The highest BCUT2D eigenvalue weighted by atomic mass is 16.5. The smallest absolute Gasteiger partial charge is 0.255 e. The Morgan fingerprint density at radius 2 is 1.85 bits per heavy atom. The van der Waals surface area contributed by atoms with E-state index >= 15 is 0 Å². The van der Waals surface area contributed by atoms with E-state index in [0.717, 1.165) is 11.4 Å². The highest BCUT2D eigenvalue weighted by molar-refractivity contribution is 6.04. The van der Waals surface area contributed by atoms with Crippen LogP contribution in [0.3, 0.4) is 0 Å². The van der Waals surface area contributed by atoms with Gasteiger partial charge in [-0.05, 0) is 43.3 Å². The first-order valence-electron chi connectivity index (χ1n) is 8.32. The van der Waals surface area contributed by atoms with Crippen LogP contribution in [-0.2, 0) is 4.79 Å². The van der Waals surface area contributed by atoms with Gasteiger partial charge < -0.3 is 14.5 Å². The normalized spacial score (nSPS) is 17.0. The molecule has 0 radical (unpaired) electrons. The average Bonchev–Trinajstić information content (AvgIpc) is 2.69. The standard InChI is InChI=1S/C20H19N3O3/c1-14-19(24)23(16-7-9-17(26-2)10-8-16)12-11-22(14)20(25)18-6-4-3-5-15(18)13-21/h3-10,14H,11-12H2,1-2H3/t14-/m1/s1. The van der Waals surface area contributed by atoms with Crippen LogP contribution in [0.4, 0.5) is 5.69 Å². The van der Waals surface area contributed by atoms with Crippen molar-refractivity contribution in [1.29, 1.82) is 5.26 Å². The summed E-state index contributed by atoms with van der Waals surface area (Å²) in [4.78, 5) is 28.9. The van der Waals surface area contributed by atoms with Gasteiger partial charge in [0, 0.05) is 18.8 Å². The zero-order chi connectivity index (χ0) is 18.7. The highest BCUT2D eigenvalue weighted by Gasteiger charge is 2.35. The monoisotopic (exact) mass is 349 g/mol. The lowest BCUT2D eigenvalue weighted by Crippen LogP contribution is -2.57. The number of hydrogen-bond donors (Lipinski definition) is 0. The van der Waals surface area contributed by atoms with Crippen molar-refractivity contribution in [3.05, 3.63) is 59.7 Å². The Bertz CT molecular complexity index is 871. The maximum absolute atomic E-state index is 12.8. The Balaban J connectivity index is 1.81. The Labute approximate surface area is 152 Å². The van der Waals surface area contributed by atoms with E-state index in [0.29, 0.717) is 24.2 Å². The van der Waals surface area contributed by atoms with Gasteiger partial charge in [0.2, 0.25) is 5.91 Å². The van der Waals surface area contributed by atoms with Gasteiger partial charge >= 0.3 is 0 Å². The molecule has 0 bridgehead atoms. The lowest BCUT2D eigenvalue weighted by molar-refractivity contribution is -0.124. The van der Waals surface area contributed by atoms with E-state index in [1.165, 1.54) is 4.90 Å². The lowest BCUT2D eigenvalue weighted by Gasteiger charge is -2.39. The maximum Gasteiger partial charge on any atom is 0.255 e. The number of carbonyl (C=O) groups excluding carboxylic acids is 2. The molecular weight excluding hydrogens is 330 g/mol. The van der Waals surface area contributed by atoms with Crippen LogP contribution in [-0.4, -0.2) is 43.0 Å². The quantitative estimate of drug-likeness (QED) is 0.853. The maximum atomic E-state index is 12.8. The molecule has 0 N–H and O–H groups in total. The molecule has 2 amide bonds. The number of nitriles is 1. The van der Waals surface area contributed by atoms with Crippen LogP contribution in [0.2, 0.25) is 0 Å². The molecular formula is C20H19N3O3. The molecule has 2 aromatic rings. The Morgan fingerprint density at radius 1 is 1.15 bits per heavy atom. The first-order valence-corrected chi connectivity index (χ1v) is 8.32. The number of rotatable bonds is 3. The minimum atomic E-state index is -0.606. The minimum Gasteiger partial charge on any atom is -0.497 e. The van der Waals surface area contributed by atoms with Crippen LogP contribution in [0.5, 0.6) is 5.75 Å². The Hall–Kier alpha value is -3.33. The van der Waals surface area contributed by atoms with Crippen molar-refractivity contribution in [3.63, 3.8) is 0 Å². The third-order valence-electron chi connectivity index (χ3n) is 4.58. The summed E-state index contributed by atoms with van der Waals surface area (Å²) in [5, 5.41) is 9.21. The molecule has 1 atom stereocenters. The van der Waals surface area contributed by atoms with Crippen LogP contribution in [0, 0.1) is 11.3 Å². The molecule has 1 aliphatic rings. The summed E-state index contributed by atoms with van der Waals surface area (Å²) in [5.74, 6) is 0.276. The summed E-state index contributed by atoms with van der Waals surface area (Å²) in [6, 6.07) is 15.3. The van der Waals surface area contributed by atoms with Crippen molar-refractivity contribution in [2.24, 2.45) is 0 Å². The number of nitrogens with zero attached hydrogens (tertiary/aromatic N) is 3. The minimum absolute atomic E-state index is 0.149. The largest absolute Gasteiger partial charge is 0.497 e. The summed E-state index contributed by atoms with van der Waals surface area (Å²) < 4.78 is 5.14. The van der Waals surface area contributed by atoms with Gasteiger partial charge in [0.05, 0.1) is 24.3 Å². The second-order valence-corrected chi connectivity index (χ2v) is 6.02. The van der Waals surface area contributed by atoms with Crippen LogP contribution >= 0.6 is 0 Å². The van der Waals surface area contributed by atoms with Crippen molar-refractivity contribution in [2.75, 3.05) is 25.1 Å². The van der Waals surface area contributed by atoms with Gasteiger partial charge in [-0.3, -0.25) is 9.59 Å². The average molecular weight is 349 g/mol. The van der Waals surface area contributed by atoms with Crippen LogP contribution < -0.4 is 9.64 Å². The predicted octanol–water partition coefficient (Wildman–Crippen LogP) is 2.44. The van der Waals surface area contributed by atoms with Gasteiger partial charge in [0.25, 0.3) is 5.91 Å². The molecule has 0 aromatic heterocycles. The molecule has 6 heteroatoms. The third-order valence-corrected chi connectivity index (χ3v) is 4.58. The third kappa shape index (κ3) is 3.11. The number of piperazine rings is 1. The lowest BCUT2D eigenvalue weighted by atomic mass is 10.0. The number of amides is 2. The van der Waals surface area contributed by atoms with Gasteiger partial charge in [-0.15, -0.1) is 0 Å². The van der Waals surface area contributed by atoms with Crippen molar-refractivity contribution >= 4 is 17.5 Å². The topological polar surface area (TPSA) is 73.6 Å². The molecule has 1 fully saturated rings. The van der Waals surface area contributed by atoms with Gasteiger partial charge in [0.15, 0.2) is 0 Å². The van der Waals surface area contributed by atoms with E-state index in [2.05, 4.69) is 0 Å². The summed E-state index contributed by atoms with van der Waals surface area (Å²) in [6.07, 6.45) is 0. The zero-order valence-electron chi connectivity index (χ0n) is 14.7. The predicted molar refractivity (Wildman–Crippen MR) is 97.0 cm³/mol. The molecule has 2 aromatic carbocycles. The van der Waals surface area contributed by atoms with Gasteiger partial charge in [0.1, 0.15) is 11.8 Å². The van der Waals surface area contributed by atoms with Gasteiger partial charge in [-0.25, -0.2) is 0 Å². The Morgan fingerprint density at radius 3 is 2.50 bits per heavy atom. The van der Waals surface area contributed by atoms with E-state index in [-0.39, 0.29) is 11.8 Å². The number of methoxy groups -OCH3 is 1. The van der Waals surface area contributed by atoms with E-state index in [1.807, 2.05) is 18.2 Å². The molecule has 0 saturated carbocycles. The summed E-state index contributed by atoms with van der Waals surface area (Å²) >= 11 is 0. The molecule has 1 heterocycles. The molecule has 0 unspecified atom stereocenters. The number of anilines is 1. The number of ether oxygens (including phenoxy) is 1. The van der Waals surface area contributed by atoms with Gasteiger partial charge in [-0.1, -0.05) is 12.1 Å². The molecule has 1 saturated heterocycles. The van der Waals surface area contributed by atoms with Gasteiger partial charge in [-0.2, -0.15) is 5.26 Å². The highest BCUT2D eigenvalue weighted by Crippen LogP contribution is 2.24.